The molecule has 17 heavy (non-hydrogen) atoms. The van der Waals surface area contributed by atoms with Gasteiger partial charge < -0.3 is 5.11 Å². The van der Waals surface area contributed by atoms with Crippen LogP contribution in [0.15, 0.2) is 36.7 Å². The van der Waals surface area contributed by atoms with Crippen molar-refractivity contribution in [1.82, 2.24) is 9.78 Å². The number of nitrogens with zero attached hydrogens (tertiary/aromatic N) is 2. The Morgan fingerprint density at radius 1 is 1.41 bits per heavy atom. The van der Waals surface area contributed by atoms with Crippen molar-refractivity contribution < 1.29 is 9.90 Å². The molecule has 4 nitrogen and oxygen atoms in total. The van der Waals surface area contributed by atoms with Gasteiger partial charge in [-0.1, -0.05) is 25.1 Å². The van der Waals surface area contributed by atoms with E-state index >= 15 is 0 Å². The molecule has 0 saturated heterocycles. The number of hydrogen-bond donors (Lipinski definition) is 1. The summed E-state index contributed by atoms with van der Waals surface area (Å²) >= 11 is 0. The van der Waals surface area contributed by atoms with E-state index in [-0.39, 0.29) is 0 Å². The first-order valence-electron chi connectivity index (χ1n) is 5.53. The highest BCUT2D eigenvalue weighted by Gasteiger charge is 2.09. The predicted molar refractivity (Wildman–Crippen MR) is 64.1 cm³/mol. The normalized spacial score (nSPS) is 10.4. The molecule has 0 spiro atoms. The van der Waals surface area contributed by atoms with Crippen molar-refractivity contribution in [3.8, 4) is 0 Å². The lowest BCUT2D eigenvalue weighted by Gasteiger charge is -2.05. The summed E-state index contributed by atoms with van der Waals surface area (Å²) < 4.78 is 1.76. The van der Waals surface area contributed by atoms with Gasteiger partial charge in [0.15, 0.2) is 0 Å². The van der Waals surface area contributed by atoms with E-state index in [0.29, 0.717) is 12.1 Å². The maximum atomic E-state index is 11.0. The molecule has 1 N–H and O–H groups in total. The summed E-state index contributed by atoms with van der Waals surface area (Å²) in [5, 5.41) is 13.3. The van der Waals surface area contributed by atoms with Crippen molar-refractivity contribution in [3.63, 3.8) is 0 Å². The van der Waals surface area contributed by atoms with Crippen molar-refractivity contribution in [2.45, 2.75) is 19.9 Å². The summed E-state index contributed by atoms with van der Waals surface area (Å²) in [6.07, 6.45) is 4.68. The summed E-state index contributed by atoms with van der Waals surface area (Å²) in [5.74, 6) is -0.900. The molecular formula is C13H14N2O2. The van der Waals surface area contributed by atoms with Crippen LogP contribution in [0.5, 0.6) is 0 Å². The number of carboxylic acid groups (broad SMARTS) is 1. The highest BCUT2D eigenvalue weighted by Crippen LogP contribution is 2.11. The van der Waals surface area contributed by atoms with Crippen LogP contribution in [0.3, 0.4) is 0 Å². The van der Waals surface area contributed by atoms with Crippen LogP contribution >= 0.6 is 0 Å². The highest BCUT2D eigenvalue weighted by molar-refractivity contribution is 5.89. The van der Waals surface area contributed by atoms with Crippen LogP contribution in [0, 0.1) is 0 Å². The molecular weight excluding hydrogens is 216 g/mol. The number of carboxylic acids is 1. The first kappa shape index (κ1) is 11.4. The third-order valence-corrected chi connectivity index (χ3v) is 2.68. The van der Waals surface area contributed by atoms with E-state index < -0.39 is 5.97 Å². The fourth-order valence-electron chi connectivity index (χ4n) is 1.72. The molecule has 0 atom stereocenters. The van der Waals surface area contributed by atoms with Crippen molar-refractivity contribution in [1.29, 1.82) is 0 Å². The summed E-state index contributed by atoms with van der Waals surface area (Å²) in [6.45, 7) is 2.55. The smallest absolute Gasteiger partial charge is 0.336 e. The Morgan fingerprint density at radius 2 is 2.18 bits per heavy atom. The average Bonchev–Trinajstić information content (AvgIpc) is 2.77. The molecule has 2 rings (SSSR count). The molecule has 2 aromatic rings. The Morgan fingerprint density at radius 3 is 2.82 bits per heavy atom. The monoisotopic (exact) mass is 230 g/mol. The zero-order valence-electron chi connectivity index (χ0n) is 9.63. The highest BCUT2D eigenvalue weighted by atomic mass is 16.4. The van der Waals surface area contributed by atoms with Gasteiger partial charge in [0.1, 0.15) is 0 Å². The van der Waals surface area contributed by atoms with Gasteiger partial charge in [0, 0.05) is 6.20 Å². The maximum Gasteiger partial charge on any atom is 0.336 e. The molecule has 1 aromatic carbocycles. The Hall–Kier alpha value is -2.10. The Bertz CT molecular complexity index is 532. The van der Waals surface area contributed by atoms with Crippen LogP contribution in [0.2, 0.25) is 0 Å². The summed E-state index contributed by atoms with van der Waals surface area (Å²) in [4.78, 5) is 11.0. The second-order valence-electron chi connectivity index (χ2n) is 3.86. The molecule has 0 aliphatic carbocycles. The number of carbonyl (C=O) groups is 1. The SMILES string of the molecule is CCc1cnn(Cc2ccccc2C(=O)O)c1. The van der Waals surface area contributed by atoms with Crippen LogP contribution in [0.25, 0.3) is 0 Å². The van der Waals surface area contributed by atoms with Gasteiger partial charge in [-0.2, -0.15) is 5.10 Å². The van der Waals surface area contributed by atoms with E-state index in [9.17, 15) is 4.79 Å². The molecule has 0 radical (unpaired) electrons. The molecule has 1 aromatic heterocycles. The first-order valence-corrected chi connectivity index (χ1v) is 5.53. The van der Waals surface area contributed by atoms with E-state index in [1.165, 1.54) is 0 Å². The average molecular weight is 230 g/mol. The predicted octanol–water partition coefficient (Wildman–Crippen LogP) is 2.19. The zero-order chi connectivity index (χ0) is 12.3. The molecule has 88 valence electrons. The number of aromatic nitrogens is 2. The molecule has 0 aliphatic heterocycles. The van der Waals surface area contributed by atoms with Crippen LogP contribution in [-0.4, -0.2) is 20.9 Å². The van der Waals surface area contributed by atoms with Gasteiger partial charge >= 0.3 is 5.97 Å². The van der Waals surface area contributed by atoms with Gasteiger partial charge in [-0.3, -0.25) is 4.68 Å². The minimum absolute atomic E-state index is 0.334. The number of rotatable bonds is 4. The van der Waals surface area contributed by atoms with Gasteiger partial charge in [-0.25, -0.2) is 4.79 Å². The van der Waals surface area contributed by atoms with Crippen molar-refractivity contribution in [2.75, 3.05) is 0 Å². The molecule has 0 saturated carbocycles. The first-order chi connectivity index (χ1) is 8.20. The van der Waals surface area contributed by atoms with E-state index in [1.54, 1.807) is 16.8 Å². The molecule has 0 unspecified atom stereocenters. The summed E-state index contributed by atoms with van der Waals surface area (Å²) in [7, 11) is 0. The van der Waals surface area contributed by atoms with E-state index in [0.717, 1.165) is 17.5 Å². The fourth-order valence-corrected chi connectivity index (χ4v) is 1.72. The van der Waals surface area contributed by atoms with Gasteiger partial charge in [-0.15, -0.1) is 0 Å². The largest absolute Gasteiger partial charge is 0.478 e. The van der Waals surface area contributed by atoms with Crippen molar-refractivity contribution >= 4 is 5.97 Å². The molecule has 0 amide bonds. The van der Waals surface area contributed by atoms with E-state index in [4.69, 9.17) is 5.11 Å². The molecule has 4 heteroatoms. The van der Waals surface area contributed by atoms with E-state index in [2.05, 4.69) is 12.0 Å². The summed E-state index contributed by atoms with van der Waals surface area (Å²) in [5.41, 5.74) is 2.25. The standard InChI is InChI=1S/C13H14N2O2/c1-2-10-7-14-15(8-10)9-11-5-3-4-6-12(11)13(16)17/h3-8H,2,9H2,1H3,(H,16,17). The quantitative estimate of drug-likeness (QED) is 0.876. The number of aryl methyl sites for hydroxylation is 1. The third kappa shape index (κ3) is 2.53. The molecule has 1 heterocycles. The number of hydrogen-bond acceptors (Lipinski definition) is 2. The van der Waals surface area contributed by atoms with Gasteiger partial charge in [0.05, 0.1) is 18.3 Å². The molecule has 0 bridgehead atoms. The molecule has 0 aliphatic rings. The van der Waals surface area contributed by atoms with E-state index in [1.807, 2.05) is 24.5 Å². The fraction of sp³-hybridized carbons (Fsp3) is 0.231. The van der Waals surface area contributed by atoms with Crippen molar-refractivity contribution in [2.24, 2.45) is 0 Å². The van der Waals surface area contributed by atoms with Crippen LogP contribution in [0.1, 0.15) is 28.4 Å². The van der Waals surface area contributed by atoms with Gasteiger partial charge in [-0.05, 0) is 23.6 Å². The Balaban J connectivity index is 2.26. The lowest BCUT2D eigenvalue weighted by Crippen LogP contribution is -2.07. The summed E-state index contributed by atoms with van der Waals surface area (Å²) in [6, 6.07) is 7.00. The Labute approximate surface area is 99.5 Å². The van der Waals surface area contributed by atoms with Crippen LogP contribution in [0.4, 0.5) is 0 Å². The minimum Gasteiger partial charge on any atom is -0.478 e. The van der Waals surface area contributed by atoms with Gasteiger partial charge in [0.25, 0.3) is 0 Å². The van der Waals surface area contributed by atoms with Crippen molar-refractivity contribution in [3.05, 3.63) is 53.3 Å². The zero-order valence-corrected chi connectivity index (χ0v) is 9.63. The second kappa shape index (κ2) is 4.82. The van der Waals surface area contributed by atoms with Gasteiger partial charge in [0.2, 0.25) is 0 Å². The topological polar surface area (TPSA) is 55.1 Å². The number of benzene rings is 1. The second-order valence-corrected chi connectivity index (χ2v) is 3.86. The number of aromatic carboxylic acids is 1. The van der Waals surface area contributed by atoms with Crippen LogP contribution < -0.4 is 0 Å². The molecule has 0 fully saturated rings. The van der Waals surface area contributed by atoms with Crippen LogP contribution in [-0.2, 0) is 13.0 Å². The maximum absolute atomic E-state index is 11.0. The third-order valence-electron chi connectivity index (χ3n) is 2.68. The Kier molecular flexibility index (Phi) is 3.23. The minimum atomic E-state index is -0.900. The lowest BCUT2D eigenvalue weighted by atomic mass is 10.1. The lowest BCUT2D eigenvalue weighted by molar-refractivity contribution is 0.0695.